The van der Waals surface area contributed by atoms with Crippen LogP contribution in [0.1, 0.15) is 0 Å². The van der Waals surface area contributed by atoms with Crippen LogP contribution in [-0.4, -0.2) is 16.8 Å². The highest BCUT2D eigenvalue weighted by Crippen LogP contribution is 2.33. The highest BCUT2D eigenvalue weighted by molar-refractivity contribution is 7.90. The third kappa shape index (κ3) is 4.51. The molecule has 0 spiro atoms. The lowest BCUT2D eigenvalue weighted by molar-refractivity contribution is 0.587. The maximum Gasteiger partial charge on any atom is 0.257 e. The van der Waals surface area contributed by atoms with Gasteiger partial charge in [0.15, 0.2) is 0 Å². The number of hydrazine groups is 1. The van der Waals surface area contributed by atoms with E-state index in [2.05, 4.69) is 5.43 Å². The molecule has 0 unspecified atom stereocenters. The van der Waals surface area contributed by atoms with E-state index in [9.17, 15) is 16.8 Å². The summed E-state index contributed by atoms with van der Waals surface area (Å²) in [6.07, 6.45) is 0. The SMILES string of the molecule is NS(=O)(=O)c1cccc(S(=O)(=O)NNc2c(Cl)cc(Cl)cc2Cl)c1. The van der Waals surface area contributed by atoms with Crippen molar-refractivity contribution < 1.29 is 16.8 Å². The molecule has 0 aromatic heterocycles. The van der Waals surface area contributed by atoms with Crippen LogP contribution >= 0.6 is 34.8 Å². The van der Waals surface area contributed by atoms with E-state index in [0.717, 1.165) is 6.07 Å². The van der Waals surface area contributed by atoms with Crippen LogP contribution in [0.2, 0.25) is 15.1 Å². The first-order valence-corrected chi connectivity index (χ1v) is 10.2. The van der Waals surface area contributed by atoms with Crippen LogP contribution in [0.3, 0.4) is 0 Å². The summed E-state index contributed by atoms with van der Waals surface area (Å²) >= 11 is 17.6. The minimum absolute atomic E-state index is 0.0912. The lowest BCUT2D eigenvalue weighted by atomic mass is 10.3. The highest BCUT2D eigenvalue weighted by Gasteiger charge is 2.18. The molecule has 130 valence electrons. The molecular formula is C12H10Cl3N3O4S2. The monoisotopic (exact) mass is 429 g/mol. The van der Waals surface area contributed by atoms with Crippen LogP contribution in [-0.2, 0) is 20.0 Å². The van der Waals surface area contributed by atoms with Crippen molar-refractivity contribution in [2.24, 2.45) is 5.14 Å². The summed E-state index contributed by atoms with van der Waals surface area (Å²) in [4.78, 5) is 1.39. The number of rotatable bonds is 5. The van der Waals surface area contributed by atoms with E-state index >= 15 is 0 Å². The van der Waals surface area contributed by atoms with Crippen molar-refractivity contribution in [3.8, 4) is 0 Å². The van der Waals surface area contributed by atoms with Gasteiger partial charge in [0.05, 0.1) is 25.5 Å². The van der Waals surface area contributed by atoms with Gasteiger partial charge in [0.1, 0.15) is 0 Å². The van der Waals surface area contributed by atoms with Crippen LogP contribution < -0.4 is 15.4 Å². The van der Waals surface area contributed by atoms with Crippen molar-refractivity contribution in [2.75, 3.05) is 5.43 Å². The third-order valence-corrected chi connectivity index (χ3v) is 5.73. The smallest absolute Gasteiger partial charge is 0.257 e. The van der Waals surface area contributed by atoms with Gasteiger partial charge in [-0.05, 0) is 30.3 Å². The Bertz CT molecular complexity index is 971. The quantitative estimate of drug-likeness (QED) is 0.630. The average Bonchev–Trinajstić information content (AvgIpc) is 2.45. The number of anilines is 1. The first-order valence-electron chi connectivity index (χ1n) is 6.06. The van der Waals surface area contributed by atoms with Gasteiger partial charge in [0, 0.05) is 5.02 Å². The van der Waals surface area contributed by atoms with Crippen LogP contribution in [0.15, 0.2) is 46.2 Å². The lowest BCUT2D eigenvalue weighted by Crippen LogP contribution is -2.30. The first-order chi connectivity index (χ1) is 11.0. The summed E-state index contributed by atoms with van der Waals surface area (Å²) in [5.41, 5.74) is 2.46. The van der Waals surface area contributed by atoms with E-state index in [1.807, 2.05) is 4.83 Å². The fourth-order valence-corrected chi connectivity index (χ4v) is 4.10. The van der Waals surface area contributed by atoms with Crippen molar-refractivity contribution in [1.29, 1.82) is 0 Å². The van der Waals surface area contributed by atoms with E-state index in [1.54, 1.807) is 0 Å². The number of halogens is 3. The largest absolute Gasteiger partial charge is 0.305 e. The molecule has 0 radical (unpaired) electrons. The van der Waals surface area contributed by atoms with Crippen molar-refractivity contribution in [3.63, 3.8) is 0 Å². The van der Waals surface area contributed by atoms with Gasteiger partial charge in [-0.1, -0.05) is 40.9 Å². The molecule has 0 aliphatic rings. The van der Waals surface area contributed by atoms with E-state index in [-0.39, 0.29) is 30.5 Å². The Labute approximate surface area is 153 Å². The Hall–Kier alpha value is -1.07. The molecule has 0 aliphatic heterocycles. The summed E-state index contributed by atoms with van der Waals surface area (Å²) in [6.45, 7) is 0. The van der Waals surface area contributed by atoms with E-state index in [4.69, 9.17) is 39.9 Å². The first kappa shape index (κ1) is 19.3. The molecule has 0 fully saturated rings. The fourth-order valence-electron chi connectivity index (χ4n) is 1.66. The molecule has 0 saturated carbocycles. The molecule has 2 aromatic carbocycles. The molecule has 0 heterocycles. The number of benzene rings is 2. The molecule has 2 aromatic rings. The van der Waals surface area contributed by atoms with Gasteiger partial charge >= 0.3 is 0 Å². The van der Waals surface area contributed by atoms with Crippen molar-refractivity contribution in [3.05, 3.63) is 51.5 Å². The van der Waals surface area contributed by atoms with Gasteiger partial charge < -0.3 is 5.43 Å². The number of nitrogens with one attached hydrogen (secondary N) is 2. The second kappa shape index (κ2) is 7.04. The van der Waals surface area contributed by atoms with Gasteiger partial charge in [-0.2, -0.15) is 0 Å². The number of primary sulfonamides is 1. The minimum atomic E-state index is -4.12. The molecule has 2 rings (SSSR count). The molecule has 24 heavy (non-hydrogen) atoms. The number of hydrogen-bond donors (Lipinski definition) is 3. The van der Waals surface area contributed by atoms with Crippen LogP contribution in [0.4, 0.5) is 5.69 Å². The Kier molecular flexibility index (Phi) is 5.65. The second-order valence-corrected chi connectivity index (χ2v) is 8.99. The standard InChI is InChI=1S/C12H10Cl3N3O4S2/c13-7-4-10(14)12(11(15)5-7)17-18-24(21,22)9-3-1-2-8(6-9)23(16,19)20/h1-6,17-18H,(H2,16,19,20). The van der Waals surface area contributed by atoms with E-state index < -0.39 is 20.0 Å². The highest BCUT2D eigenvalue weighted by atomic mass is 35.5. The predicted octanol–water partition coefficient (Wildman–Crippen LogP) is 2.60. The van der Waals surface area contributed by atoms with Crippen LogP contribution in [0.5, 0.6) is 0 Å². The molecular weight excluding hydrogens is 421 g/mol. The summed E-state index contributed by atoms with van der Waals surface area (Å²) < 4.78 is 47.1. The summed E-state index contributed by atoms with van der Waals surface area (Å²) in [5.74, 6) is 0. The molecule has 4 N–H and O–H groups in total. The summed E-state index contributed by atoms with van der Waals surface area (Å²) in [7, 11) is -8.16. The van der Waals surface area contributed by atoms with Crippen molar-refractivity contribution in [2.45, 2.75) is 9.79 Å². The lowest BCUT2D eigenvalue weighted by Gasteiger charge is -2.13. The van der Waals surface area contributed by atoms with Crippen LogP contribution in [0, 0.1) is 0 Å². The maximum absolute atomic E-state index is 12.3. The molecule has 0 aliphatic carbocycles. The van der Waals surface area contributed by atoms with Crippen molar-refractivity contribution in [1.82, 2.24) is 4.83 Å². The second-order valence-electron chi connectivity index (χ2n) is 4.49. The molecule has 0 saturated heterocycles. The van der Waals surface area contributed by atoms with Gasteiger partial charge in [-0.3, -0.25) is 0 Å². The minimum Gasteiger partial charge on any atom is -0.305 e. The molecule has 0 atom stereocenters. The Morgan fingerprint density at radius 1 is 0.875 bits per heavy atom. The van der Waals surface area contributed by atoms with Gasteiger partial charge in [-0.15, -0.1) is 4.83 Å². The van der Waals surface area contributed by atoms with Crippen LogP contribution in [0.25, 0.3) is 0 Å². The fraction of sp³-hybridized carbons (Fsp3) is 0. The van der Waals surface area contributed by atoms with Gasteiger partial charge in [-0.25, -0.2) is 22.0 Å². The molecule has 0 bridgehead atoms. The normalized spacial score (nSPS) is 12.2. The van der Waals surface area contributed by atoms with E-state index in [1.165, 1.54) is 30.3 Å². The zero-order chi connectivity index (χ0) is 18.1. The third-order valence-electron chi connectivity index (χ3n) is 2.76. The van der Waals surface area contributed by atoms with Crippen molar-refractivity contribution >= 4 is 60.5 Å². The Balaban J connectivity index is 2.30. The maximum atomic E-state index is 12.3. The summed E-state index contributed by atoms with van der Waals surface area (Å²) in [6, 6.07) is 7.28. The van der Waals surface area contributed by atoms with Gasteiger partial charge in [0.25, 0.3) is 10.0 Å². The number of hydrogen-bond acceptors (Lipinski definition) is 5. The molecule has 12 heteroatoms. The number of nitrogens with two attached hydrogens (primary N) is 1. The zero-order valence-electron chi connectivity index (χ0n) is 11.6. The molecule has 7 nitrogen and oxygen atoms in total. The Morgan fingerprint density at radius 3 is 1.96 bits per heavy atom. The topological polar surface area (TPSA) is 118 Å². The number of sulfonamides is 2. The Morgan fingerprint density at radius 2 is 1.42 bits per heavy atom. The molecule has 0 amide bonds. The average molecular weight is 431 g/mol. The zero-order valence-corrected chi connectivity index (χ0v) is 15.5. The predicted molar refractivity (Wildman–Crippen MR) is 93.2 cm³/mol. The van der Waals surface area contributed by atoms with E-state index in [0.29, 0.717) is 0 Å². The van der Waals surface area contributed by atoms with Gasteiger partial charge in [0.2, 0.25) is 10.0 Å². The summed E-state index contributed by atoms with van der Waals surface area (Å²) in [5, 5.41) is 5.44.